The molecule has 2 amide bonds. The summed E-state index contributed by atoms with van der Waals surface area (Å²) in [6.45, 7) is 0.206. The maximum Gasteiger partial charge on any atom is 0.401 e. The molecule has 1 aromatic rings. The number of halogens is 5. The highest BCUT2D eigenvalue weighted by atomic mass is 19.4. The lowest BCUT2D eigenvalue weighted by atomic mass is 9.95. The van der Waals surface area contributed by atoms with Gasteiger partial charge in [-0.3, -0.25) is 14.5 Å². The zero-order valence-electron chi connectivity index (χ0n) is 19.1. The van der Waals surface area contributed by atoms with Crippen molar-refractivity contribution in [3.8, 4) is 5.75 Å². The number of anilines is 2. The Morgan fingerprint density at radius 1 is 1.26 bits per heavy atom. The van der Waals surface area contributed by atoms with Gasteiger partial charge in [0.25, 0.3) is 5.91 Å². The van der Waals surface area contributed by atoms with Crippen LogP contribution in [0.4, 0.5) is 33.3 Å². The summed E-state index contributed by atoms with van der Waals surface area (Å²) >= 11 is 0. The van der Waals surface area contributed by atoms with Gasteiger partial charge in [-0.1, -0.05) is 20.8 Å². The summed E-state index contributed by atoms with van der Waals surface area (Å²) in [5, 5.41) is 2.42. The molecular formula is C21H29F5N4O4. The third-order valence-corrected chi connectivity index (χ3v) is 4.75. The topological polar surface area (TPSA) is 97.1 Å². The van der Waals surface area contributed by atoms with Gasteiger partial charge in [0.1, 0.15) is 12.6 Å². The van der Waals surface area contributed by atoms with E-state index >= 15 is 0 Å². The molecule has 13 heteroatoms. The molecule has 1 fully saturated rings. The highest BCUT2D eigenvalue weighted by Gasteiger charge is 2.37. The highest BCUT2D eigenvalue weighted by Crippen LogP contribution is 2.34. The predicted octanol–water partition coefficient (Wildman–Crippen LogP) is 2.83. The van der Waals surface area contributed by atoms with E-state index in [-0.39, 0.29) is 43.4 Å². The van der Waals surface area contributed by atoms with E-state index in [0.717, 1.165) is 11.0 Å². The number of carbonyl (C=O) groups is 2. The molecule has 0 saturated carbocycles. The molecule has 0 aromatic heterocycles. The lowest BCUT2D eigenvalue weighted by Crippen LogP contribution is -2.54. The van der Waals surface area contributed by atoms with Crippen molar-refractivity contribution in [2.24, 2.45) is 11.1 Å². The third-order valence-electron chi connectivity index (χ3n) is 4.75. The van der Waals surface area contributed by atoms with Gasteiger partial charge in [0.15, 0.2) is 5.75 Å². The van der Waals surface area contributed by atoms with Gasteiger partial charge < -0.3 is 25.4 Å². The minimum absolute atomic E-state index is 0.00808. The van der Waals surface area contributed by atoms with Crippen LogP contribution in [0, 0.1) is 5.41 Å². The highest BCUT2D eigenvalue weighted by molar-refractivity contribution is 5.98. The first-order valence-corrected chi connectivity index (χ1v) is 10.5. The van der Waals surface area contributed by atoms with Crippen molar-refractivity contribution in [3.63, 3.8) is 0 Å². The number of benzene rings is 1. The maximum atomic E-state index is 13.2. The molecule has 1 heterocycles. The summed E-state index contributed by atoms with van der Waals surface area (Å²) in [7, 11) is 0. The Kier molecular flexibility index (Phi) is 9.20. The average Bonchev–Trinajstić information content (AvgIpc) is 2.66. The Morgan fingerprint density at radius 3 is 2.47 bits per heavy atom. The van der Waals surface area contributed by atoms with Crippen molar-refractivity contribution in [2.75, 3.05) is 49.6 Å². The summed E-state index contributed by atoms with van der Waals surface area (Å²) in [6.07, 6.45) is -4.57. The van der Waals surface area contributed by atoms with Crippen molar-refractivity contribution in [1.29, 1.82) is 0 Å². The second-order valence-corrected chi connectivity index (χ2v) is 8.98. The number of ether oxygens (including phenoxy) is 2. The van der Waals surface area contributed by atoms with Gasteiger partial charge in [-0.05, 0) is 17.5 Å². The van der Waals surface area contributed by atoms with Crippen molar-refractivity contribution >= 4 is 23.2 Å². The van der Waals surface area contributed by atoms with E-state index in [1.165, 1.54) is 17.0 Å². The Balaban J connectivity index is 2.30. The largest absolute Gasteiger partial charge is 0.433 e. The van der Waals surface area contributed by atoms with Crippen LogP contribution in [0.3, 0.4) is 0 Å². The number of hydrogen-bond donors (Lipinski definition) is 2. The lowest BCUT2D eigenvalue weighted by Gasteiger charge is -2.35. The van der Waals surface area contributed by atoms with E-state index in [1.54, 1.807) is 20.8 Å². The quantitative estimate of drug-likeness (QED) is 0.511. The Labute approximate surface area is 194 Å². The van der Waals surface area contributed by atoms with Crippen molar-refractivity contribution in [2.45, 2.75) is 39.6 Å². The number of hydrogen-bond acceptors (Lipinski definition) is 6. The van der Waals surface area contributed by atoms with E-state index in [1.807, 2.05) is 0 Å². The first kappa shape index (κ1) is 27.7. The third kappa shape index (κ3) is 8.37. The molecule has 1 aliphatic rings. The van der Waals surface area contributed by atoms with Gasteiger partial charge in [-0.2, -0.15) is 22.0 Å². The zero-order chi connectivity index (χ0) is 25.7. The smallest absolute Gasteiger partial charge is 0.401 e. The predicted molar refractivity (Wildman–Crippen MR) is 115 cm³/mol. The molecule has 34 heavy (non-hydrogen) atoms. The van der Waals surface area contributed by atoms with Crippen LogP contribution in [-0.2, 0) is 14.3 Å². The van der Waals surface area contributed by atoms with Crippen LogP contribution in [0.2, 0.25) is 0 Å². The first-order valence-electron chi connectivity index (χ1n) is 10.5. The van der Waals surface area contributed by atoms with Gasteiger partial charge in [-0.25, -0.2) is 0 Å². The van der Waals surface area contributed by atoms with Crippen LogP contribution in [0.1, 0.15) is 20.8 Å². The summed E-state index contributed by atoms with van der Waals surface area (Å²) in [5.74, 6) is -1.68. The van der Waals surface area contributed by atoms with Crippen LogP contribution in [0.5, 0.6) is 5.75 Å². The molecule has 0 aliphatic carbocycles. The second kappa shape index (κ2) is 11.3. The number of alkyl halides is 5. The molecule has 2 rings (SSSR count). The number of morpholine rings is 1. The number of nitrogens with one attached hydrogen (secondary N) is 1. The molecular weight excluding hydrogens is 467 g/mol. The monoisotopic (exact) mass is 496 g/mol. The number of rotatable bonds is 9. The van der Waals surface area contributed by atoms with Gasteiger partial charge >= 0.3 is 12.8 Å². The zero-order valence-corrected chi connectivity index (χ0v) is 19.1. The van der Waals surface area contributed by atoms with Crippen LogP contribution < -0.4 is 20.7 Å². The Hall–Kier alpha value is -2.51. The summed E-state index contributed by atoms with van der Waals surface area (Å²) in [5.41, 5.74) is 5.12. The Morgan fingerprint density at radius 2 is 1.94 bits per heavy atom. The van der Waals surface area contributed by atoms with E-state index in [0.29, 0.717) is 0 Å². The van der Waals surface area contributed by atoms with E-state index in [9.17, 15) is 31.5 Å². The van der Waals surface area contributed by atoms with E-state index in [4.69, 9.17) is 10.5 Å². The van der Waals surface area contributed by atoms with Crippen LogP contribution in [0.15, 0.2) is 18.2 Å². The first-order chi connectivity index (χ1) is 15.7. The van der Waals surface area contributed by atoms with Gasteiger partial charge in [0.2, 0.25) is 5.91 Å². The fraction of sp³-hybridized carbons (Fsp3) is 0.619. The Bertz CT molecular complexity index is 845. The average molecular weight is 496 g/mol. The van der Waals surface area contributed by atoms with Crippen LogP contribution >= 0.6 is 0 Å². The van der Waals surface area contributed by atoms with E-state index in [2.05, 4.69) is 10.1 Å². The molecule has 1 aromatic carbocycles. The maximum absolute atomic E-state index is 13.2. The fourth-order valence-corrected chi connectivity index (χ4v) is 3.54. The molecule has 0 radical (unpaired) electrons. The van der Waals surface area contributed by atoms with Gasteiger partial charge in [0.05, 0.1) is 18.8 Å². The summed E-state index contributed by atoms with van der Waals surface area (Å²) < 4.78 is 75.0. The molecule has 3 N–H and O–H groups in total. The normalized spacial score (nSPS) is 16.2. The van der Waals surface area contributed by atoms with Gasteiger partial charge in [-0.15, -0.1) is 0 Å². The van der Waals surface area contributed by atoms with Crippen LogP contribution in [0.25, 0.3) is 0 Å². The minimum atomic E-state index is -4.57. The fourth-order valence-electron chi connectivity index (χ4n) is 3.54. The molecule has 1 atom stereocenters. The summed E-state index contributed by atoms with van der Waals surface area (Å²) in [6, 6.07) is 2.38. The molecule has 8 nitrogen and oxygen atoms in total. The van der Waals surface area contributed by atoms with Crippen molar-refractivity contribution < 1.29 is 41.0 Å². The second-order valence-electron chi connectivity index (χ2n) is 8.98. The SMILES string of the molecule is CC(C)(C)CN(CC(F)(F)F)[C@@H](CN)C(=O)Nc1ccc(N2CCOCC2=O)c(OC(F)F)c1. The van der Waals surface area contributed by atoms with Crippen molar-refractivity contribution in [1.82, 2.24) is 4.90 Å². The van der Waals surface area contributed by atoms with E-state index < -0.39 is 49.1 Å². The lowest BCUT2D eigenvalue weighted by molar-refractivity contribution is -0.156. The van der Waals surface area contributed by atoms with Crippen LogP contribution in [-0.4, -0.2) is 74.9 Å². The van der Waals surface area contributed by atoms with Gasteiger partial charge in [0, 0.05) is 31.4 Å². The molecule has 0 spiro atoms. The number of nitrogens with zero attached hydrogens (tertiary/aromatic N) is 2. The molecule has 192 valence electrons. The molecule has 0 bridgehead atoms. The standard InChI is InChI=1S/C21H29F5N4O4/c1-20(2,3)11-29(12-21(24,25)26)15(9-27)18(32)28-13-4-5-14(16(8-13)34-19(22)23)30-6-7-33-10-17(30)31/h4-5,8,15,19H,6-7,9-12,27H2,1-3H3,(H,28,32)/t15-/m0/s1. The minimum Gasteiger partial charge on any atom is -0.433 e. The number of nitrogens with two attached hydrogens (primary N) is 1. The number of amides is 2. The number of carbonyl (C=O) groups excluding carboxylic acids is 2. The molecule has 0 unspecified atom stereocenters. The summed E-state index contributed by atoms with van der Waals surface area (Å²) in [4.78, 5) is 27.1. The van der Waals surface area contributed by atoms with Crippen molar-refractivity contribution in [3.05, 3.63) is 18.2 Å². The molecule has 1 saturated heterocycles. The molecule has 1 aliphatic heterocycles.